The first-order valence-corrected chi connectivity index (χ1v) is 8.39. The maximum absolute atomic E-state index is 6.04. The Balaban J connectivity index is 1.70. The summed E-state index contributed by atoms with van der Waals surface area (Å²) in [6.45, 7) is 7.93. The number of pyridine rings is 1. The van der Waals surface area contributed by atoms with Crippen molar-refractivity contribution in [2.75, 3.05) is 37.8 Å². The molecule has 24 heavy (non-hydrogen) atoms. The monoisotopic (exact) mass is 326 g/mol. The van der Waals surface area contributed by atoms with Crippen LogP contribution in [0, 0.1) is 13.8 Å². The molecule has 126 valence electrons. The molecule has 6 nitrogen and oxygen atoms in total. The zero-order chi connectivity index (χ0) is 16.6. The number of hydrogen-bond acceptors (Lipinski definition) is 6. The van der Waals surface area contributed by atoms with E-state index in [-0.39, 0.29) is 5.60 Å². The molecule has 0 aromatic carbocycles. The van der Waals surface area contributed by atoms with Crippen molar-refractivity contribution in [1.82, 2.24) is 15.0 Å². The second-order valence-electron chi connectivity index (χ2n) is 6.58. The van der Waals surface area contributed by atoms with E-state index in [2.05, 4.69) is 21.8 Å². The predicted octanol–water partition coefficient (Wildman–Crippen LogP) is 2.15. The predicted molar refractivity (Wildman–Crippen MR) is 91.1 cm³/mol. The Hall–Kier alpha value is -2.05. The average Bonchev–Trinajstić information content (AvgIpc) is 3.05. The molecule has 0 N–H and O–H groups in total. The third-order valence-corrected chi connectivity index (χ3v) is 4.90. The fourth-order valence-corrected chi connectivity index (χ4v) is 3.40. The summed E-state index contributed by atoms with van der Waals surface area (Å²) in [5.41, 5.74) is 2.88. The Morgan fingerprint density at radius 1 is 1.21 bits per heavy atom. The molecule has 0 amide bonds. The molecular weight excluding hydrogens is 304 g/mol. The van der Waals surface area contributed by atoms with Gasteiger partial charge in [0.15, 0.2) is 5.82 Å². The third kappa shape index (κ3) is 2.76. The average molecular weight is 326 g/mol. The Kier molecular flexibility index (Phi) is 3.94. The highest BCUT2D eigenvalue weighted by Crippen LogP contribution is 2.32. The van der Waals surface area contributed by atoms with Gasteiger partial charge in [0.05, 0.1) is 19.8 Å². The molecule has 1 spiro atoms. The lowest BCUT2D eigenvalue weighted by Gasteiger charge is -2.40. The SMILES string of the molecule is Cc1nc(-c2cccnc2)nc(N2CCOC3(CCOC3)C2)c1C. The van der Waals surface area contributed by atoms with Crippen molar-refractivity contribution in [3.63, 3.8) is 0 Å². The van der Waals surface area contributed by atoms with Gasteiger partial charge < -0.3 is 14.4 Å². The first kappa shape index (κ1) is 15.5. The van der Waals surface area contributed by atoms with Gasteiger partial charge in [-0.3, -0.25) is 4.98 Å². The largest absolute Gasteiger partial charge is 0.378 e. The van der Waals surface area contributed by atoms with Gasteiger partial charge in [-0.15, -0.1) is 0 Å². The number of anilines is 1. The van der Waals surface area contributed by atoms with Gasteiger partial charge in [0.2, 0.25) is 0 Å². The Bertz CT molecular complexity index is 729. The van der Waals surface area contributed by atoms with Crippen molar-refractivity contribution in [3.8, 4) is 11.4 Å². The summed E-state index contributed by atoms with van der Waals surface area (Å²) in [6.07, 6.45) is 4.51. The molecule has 0 radical (unpaired) electrons. The van der Waals surface area contributed by atoms with E-state index in [1.807, 2.05) is 19.1 Å². The van der Waals surface area contributed by atoms with Gasteiger partial charge in [-0.2, -0.15) is 0 Å². The van der Waals surface area contributed by atoms with Crippen LogP contribution < -0.4 is 4.90 Å². The summed E-state index contributed by atoms with van der Waals surface area (Å²) in [4.78, 5) is 16.0. The van der Waals surface area contributed by atoms with Gasteiger partial charge in [-0.1, -0.05) is 0 Å². The summed E-state index contributed by atoms with van der Waals surface area (Å²) in [5, 5.41) is 0. The highest BCUT2D eigenvalue weighted by Gasteiger charge is 2.41. The normalized spacial score (nSPS) is 23.8. The molecular formula is C18H22N4O2. The van der Waals surface area contributed by atoms with Crippen molar-refractivity contribution in [2.45, 2.75) is 25.9 Å². The van der Waals surface area contributed by atoms with E-state index < -0.39 is 0 Å². The number of hydrogen-bond donors (Lipinski definition) is 0. The minimum Gasteiger partial charge on any atom is -0.378 e. The van der Waals surface area contributed by atoms with Crippen LogP contribution in [-0.2, 0) is 9.47 Å². The summed E-state index contributed by atoms with van der Waals surface area (Å²) in [5.74, 6) is 1.72. The standard InChI is InChI=1S/C18H22N4O2/c1-13-14(2)20-16(15-4-3-6-19-10-15)21-17(13)22-7-9-24-18(11-22)5-8-23-12-18/h3-4,6,10H,5,7-9,11-12H2,1-2H3. The van der Waals surface area contributed by atoms with Gasteiger partial charge in [-0.25, -0.2) is 9.97 Å². The number of nitrogens with zero attached hydrogens (tertiary/aromatic N) is 4. The molecule has 4 rings (SSSR count). The van der Waals surface area contributed by atoms with Crippen LogP contribution in [0.2, 0.25) is 0 Å². The van der Waals surface area contributed by atoms with Crippen LogP contribution in [0.3, 0.4) is 0 Å². The Labute approximate surface area is 141 Å². The topological polar surface area (TPSA) is 60.4 Å². The fraction of sp³-hybridized carbons (Fsp3) is 0.500. The minimum absolute atomic E-state index is 0.183. The molecule has 2 saturated heterocycles. The molecule has 2 aromatic rings. The zero-order valence-corrected chi connectivity index (χ0v) is 14.2. The summed E-state index contributed by atoms with van der Waals surface area (Å²) < 4.78 is 11.6. The number of aromatic nitrogens is 3. The van der Waals surface area contributed by atoms with Crippen molar-refractivity contribution in [1.29, 1.82) is 0 Å². The molecule has 4 heterocycles. The van der Waals surface area contributed by atoms with Crippen LogP contribution in [0.1, 0.15) is 17.7 Å². The van der Waals surface area contributed by atoms with Crippen LogP contribution in [0.5, 0.6) is 0 Å². The number of ether oxygens (including phenoxy) is 2. The summed E-state index contributed by atoms with van der Waals surface area (Å²) in [6, 6.07) is 3.90. The van der Waals surface area contributed by atoms with Crippen molar-refractivity contribution < 1.29 is 9.47 Å². The first-order valence-electron chi connectivity index (χ1n) is 8.39. The Morgan fingerprint density at radius 2 is 2.12 bits per heavy atom. The number of aryl methyl sites for hydroxylation is 1. The first-order chi connectivity index (χ1) is 11.7. The highest BCUT2D eigenvalue weighted by molar-refractivity contribution is 5.59. The van der Waals surface area contributed by atoms with Gasteiger partial charge >= 0.3 is 0 Å². The van der Waals surface area contributed by atoms with Crippen LogP contribution in [-0.4, -0.2) is 53.5 Å². The van der Waals surface area contributed by atoms with E-state index in [0.717, 1.165) is 54.6 Å². The second-order valence-corrected chi connectivity index (χ2v) is 6.58. The highest BCUT2D eigenvalue weighted by atomic mass is 16.6. The zero-order valence-electron chi connectivity index (χ0n) is 14.2. The molecule has 6 heteroatoms. The maximum atomic E-state index is 6.04. The lowest BCUT2D eigenvalue weighted by molar-refractivity contribution is -0.0581. The van der Waals surface area contributed by atoms with E-state index >= 15 is 0 Å². The van der Waals surface area contributed by atoms with Crippen LogP contribution in [0.4, 0.5) is 5.82 Å². The number of rotatable bonds is 2. The van der Waals surface area contributed by atoms with Crippen molar-refractivity contribution in [3.05, 3.63) is 35.8 Å². The second kappa shape index (κ2) is 6.11. The van der Waals surface area contributed by atoms with Crippen molar-refractivity contribution in [2.24, 2.45) is 0 Å². The lowest BCUT2D eigenvalue weighted by atomic mass is 10.0. The molecule has 1 unspecified atom stereocenters. The van der Waals surface area contributed by atoms with Gasteiger partial charge in [0, 0.05) is 48.8 Å². The number of morpholine rings is 1. The fourth-order valence-electron chi connectivity index (χ4n) is 3.40. The molecule has 1 atom stereocenters. The third-order valence-electron chi connectivity index (χ3n) is 4.90. The van der Waals surface area contributed by atoms with Crippen LogP contribution in [0.15, 0.2) is 24.5 Å². The minimum atomic E-state index is -0.183. The molecule has 2 aliphatic rings. The summed E-state index contributed by atoms with van der Waals surface area (Å²) in [7, 11) is 0. The van der Waals surface area contributed by atoms with Gasteiger partial charge in [-0.05, 0) is 26.0 Å². The molecule has 0 saturated carbocycles. The van der Waals surface area contributed by atoms with E-state index in [0.29, 0.717) is 13.2 Å². The molecule has 2 aromatic heterocycles. The molecule has 0 bridgehead atoms. The van der Waals surface area contributed by atoms with E-state index in [1.54, 1.807) is 12.4 Å². The van der Waals surface area contributed by atoms with E-state index in [4.69, 9.17) is 14.5 Å². The lowest BCUT2D eigenvalue weighted by Crippen LogP contribution is -2.53. The van der Waals surface area contributed by atoms with E-state index in [1.165, 1.54) is 0 Å². The Morgan fingerprint density at radius 3 is 2.88 bits per heavy atom. The summed E-state index contributed by atoms with van der Waals surface area (Å²) >= 11 is 0. The maximum Gasteiger partial charge on any atom is 0.163 e. The van der Waals surface area contributed by atoms with Crippen LogP contribution >= 0.6 is 0 Å². The van der Waals surface area contributed by atoms with Crippen molar-refractivity contribution >= 4 is 5.82 Å². The van der Waals surface area contributed by atoms with E-state index in [9.17, 15) is 0 Å². The van der Waals surface area contributed by atoms with Gasteiger partial charge in [0.1, 0.15) is 11.4 Å². The van der Waals surface area contributed by atoms with Crippen LogP contribution in [0.25, 0.3) is 11.4 Å². The molecule has 2 fully saturated rings. The molecule has 2 aliphatic heterocycles. The molecule has 0 aliphatic carbocycles. The van der Waals surface area contributed by atoms with Gasteiger partial charge in [0.25, 0.3) is 0 Å². The smallest absolute Gasteiger partial charge is 0.163 e. The quantitative estimate of drug-likeness (QED) is 0.843.